The van der Waals surface area contributed by atoms with Crippen molar-refractivity contribution in [2.75, 3.05) is 4.90 Å². The maximum absolute atomic E-state index is 6.65. The molecule has 2 aromatic heterocycles. The molecule has 0 fully saturated rings. The Morgan fingerprint density at radius 2 is 0.825 bits per heavy atom. The van der Waals surface area contributed by atoms with Crippen molar-refractivity contribution in [1.29, 1.82) is 0 Å². The Labute approximate surface area is 366 Å². The van der Waals surface area contributed by atoms with Crippen LogP contribution >= 0.6 is 0 Å². The zero-order valence-corrected chi connectivity index (χ0v) is 34.4. The Balaban J connectivity index is 1.02. The van der Waals surface area contributed by atoms with Crippen molar-refractivity contribution in [3.8, 4) is 50.2 Å². The Morgan fingerprint density at radius 1 is 0.317 bits per heavy atom. The van der Waals surface area contributed by atoms with Crippen LogP contribution in [-0.2, 0) is 0 Å². The number of furan rings is 1. The third-order valence-electron chi connectivity index (χ3n) is 12.4. The molecule has 0 unspecified atom stereocenters. The van der Waals surface area contributed by atoms with E-state index in [9.17, 15) is 0 Å². The second kappa shape index (κ2) is 15.3. The predicted molar refractivity (Wildman–Crippen MR) is 264 cm³/mol. The molecule has 3 nitrogen and oxygen atoms in total. The number of benzene rings is 10. The van der Waals surface area contributed by atoms with Gasteiger partial charge in [0.15, 0.2) is 0 Å². The van der Waals surface area contributed by atoms with Crippen molar-refractivity contribution in [3.63, 3.8) is 0 Å². The fraction of sp³-hybridized carbons (Fsp3) is 0. The van der Waals surface area contributed by atoms with E-state index in [1.54, 1.807) is 0 Å². The highest BCUT2D eigenvalue weighted by Crippen LogP contribution is 2.46. The molecule has 0 aliphatic carbocycles. The molecule has 63 heavy (non-hydrogen) atoms. The molecule has 0 N–H and O–H groups in total. The van der Waals surface area contributed by atoms with E-state index in [1.165, 1.54) is 38.5 Å². The van der Waals surface area contributed by atoms with Crippen molar-refractivity contribution in [1.82, 2.24) is 4.57 Å². The van der Waals surface area contributed by atoms with Crippen LogP contribution in [0.2, 0.25) is 0 Å². The van der Waals surface area contributed by atoms with Gasteiger partial charge in [0.25, 0.3) is 0 Å². The van der Waals surface area contributed by atoms with Crippen molar-refractivity contribution in [2.24, 2.45) is 0 Å². The first-order valence-corrected chi connectivity index (χ1v) is 21.5. The molecule has 0 bridgehead atoms. The van der Waals surface area contributed by atoms with Gasteiger partial charge in [-0.25, -0.2) is 0 Å². The van der Waals surface area contributed by atoms with Crippen molar-refractivity contribution >= 4 is 60.8 Å². The molecule has 2 heterocycles. The lowest BCUT2D eigenvalue weighted by Gasteiger charge is -2.28. The highest BCUT2D eigenvalue weighted by atomic mass is 16.3. The molecule has 0 saturated carbocycles. The first kappa shape index (κ1) is 36.5. The van der Waals surface area contributed by atoms with Crippen LogP contribution in [0.1, 0.15) is 0 Å². The molecule has 0 spiro atoms. The average molecular weight is 805 g/mol. The van der Waals surface area contributed by atoms with Crippen molar-refractivity contribution < 1.29 is 4.42 Å². The van der Waals surface area contributed by atoms with E-state index in [1.807, 2.05) is 6.07 Å². The number of para-hydroxylation sites is 6. The first-order chi connectivity index (χ1) is 31.3. The third-order valence-corrected chi connectivity index (χ3v) is 12.4. The number of hydrogen-bond acceptors (Lipinski definition) is 2. The number of hydrogen-bond donors (Lipinski definition) is 0. The van der Waals surface area contributed by atoms with E-state index in [0.717, 1.165) is 72.5 Å². The zero-order chi connectivity index (χ0) is 41.7. The normalized spacial score (nSPS) is 11.5. The lowest BCUT2D eigenvalue weighted by Crippen LogP contribution is -2.11. The van der Waals surface area contributed by atoms with Gasteiger partial charge in [-0.05, 0) is 82.4 Å². The van der Waals surface area contributed by atoms with Gasteiger partial charge in [-0.1, -0.05) is 188 Å². The molecule has 12 rings (SSSR count). The summed E-state index contributed by atoms with van der Waals surface area (Å²) in [5.41, 5.74) is 17.6. The fourth-order valence-electron chi connectivity index (χ4n) is 9.48. The summed E-state index contributed by atoms with van der Waals surface area (Å²) < 4.78 is 9.07. The predicted octanol–water partition coefficient (Wildman–Crippen LogP) is 16.8. The zero-order valence-electron chi connectivity index (χ0n) is 34.4. The van der Waals surface area contributed by atoms with E-state index in [2.05, 4.69) is 246 Å². The minimum Gasteiger partial charge on any atom is -0.455 e. The van der Waals surface area contributed by atoms with E-state index < -0.39 is 0 Å². The minimum absolute atomic E-state index is 0.884. The Hall–Kier alpha value is -8.40. The molecule has 0 radical (unpaired) electrons. The Morgan fingerprint density at radius 3 is 1.56 bits per heavy atom. The average Bonchev–Trinajstić information content (AvgIpc) is 3.91. The largest absolute Gasteiger partial charge is 0.455 e. The molecular weight excluding hydrogens is 765 g/mol. The van der Waals surface area contributed by atoms with Gasteiger partial charge < -0.3 is 13.9 Å². The SMILES string of the molecule is c1ccc(-c2ccc(-c3ccc(N(c4cccc(-c5ccccc5-n5c6ccccc6c6ccccc65)c4)c4ccccc4-c4cccc5c4oc4ccccc45)cc3)cc2)cc1. The van der Waals surface area contributed by atoms with Gasteiger partial charge in [-0.3, -0.25) is 0 Å². The molecule has 0 aliphatic heterocycles. The van der Waals surface area contributed by atoms with Gasteiger partial charge in [0.1, 0.15) is 11.2 Å². The van der Waals surface area contributed by atoms with Crippen LogP contribution in [-0.4, -0.2) is 4.57 Å². The summed E-state index contributed by atoms with van der Waals surface area (Å²) in [4.78, 5) is 2.39. The summed E-state index contributed by atoms with van der Waals surface area (Å²) in [5.74, 6) is 0. The van der Waals surface area contributed by atoms with Crippen LogP contribution in [0.3, 0.4) is 0 Å². The second-order valence-electron chi connectivity index (χ2n) is 16.1. The van der Waals surface area contributed by atoms with Gasteiger partial charge in [-0.2, -0.15) is 0 Å². The van der Waals surface area contributed by atoms with Gasteiger partial charge in [0, 0.05) is 49.6 Å². The number of rotatable bonds is 8. The van der Waals surface area contributed by atoms with E-state index in [0.29, 0.717) is 0 Å². The maximum atomic E-state index is 6.65. The number of anilines is 3. The lowest BCUT2D eigenvalue weighted by molar-refractivity contribution is 0.670. The lowest BCUT2D eigenvalue weighted by atomic mass is 9.97. The number of fused-ring (bicyclic) bond motifs is 6. The van der Waals surface area contributed by atoms with Crippen LogP contribution in [0.4, 0.5) is 17.1 Å². The Bertz CT molecular complexity index is 3560. The van der Waals surface area contributed by atoms with Gasteiger partial charge in [-0.15, -0.1) is 0 Å². The summed E-state index contributed by atoms with van der Waals surface area (Å²) in [6, 6.07) is 87.1. The fourth-order valence-corrected chi connectivity index (χ4v) is 9.48. The molecule has 0 atom stereocenters. The van der Waals surface area contributed by atoms with Gasteiger partial charge in [0.05, 0.1) is 22.4 Å². The smallest absolute Gasteiger partial charge is 0.143 e. The molecule has 10 aromatic carbocycles. The minimum atomic E-state index is 0.884. The second-order valence-corrected chi connectivity index (χ2v) is 16.1. The van der Waals surface area contributed by atoms with E-state index >= 15 is 0 Å². The molecular formula is C60H40N2O. The summed E-state index contributed by atoms with van der Waals surface area (Å²) in [5, 5.41) is 4.71. The summed E-state index contributed by atoms with van der Waals surface area (Å²) in [6.45, 7) is 0. The molecule has 12 aromatic rings. The van der Waals surface area contributed by atoms with Crippen LogP contribution in [0.15, 0.2) is 247 Å². The molecule has 0 aliphatic rings. The van der Waals surface area contributed by atoms with E-state index in [4.69, 9.17) is 4.42 Å². The highest BCUT2D eigenvalue weighted by molar-refractivity contribution is 6.11. The maximum Gasteiger partial charge on any atom is 0.143 e. The van der Waals surface area contributed by atoms with Crippen molar-refractivity contribution in [3.05, 3.63) is 243 Å². The topological polar surface area (TPSA) is 21.3 Å². The molecule has 0 amide bonds. The quantitative estimate of drug-likeness (QED) is 0.153. The first-order valence-electron chi connectivity index (χ1n) is 21.5. The molecule has 0 saturated heterocycles. The molecule has 3 heteroatoms. The third kappa shape index (κ3) is 6.29. The molecule has 296 valence electrons. The van der Waals surface area contributed by atoms with Crippen LogP contribution in [0.5, 0.6) is 0 Å². The van der Waals surface area contributed by atoms with Crippen LogP contribution in [0, 0.1) is 0 Å². The summed E-state index contributed by atoms with van der Waals surface area (Å²) in [7, 11) is 0. The standard InChI is InChI=1S/C60H40N2O/c1-2-16-41(17-3-1)42-32-34-43(35-33-42)44-36-38-46(39-37-44)61(56-28-10-7-23-51(56)53-25-15-26-54-52-24-8-13-31-59(52)63-60(53)54)47-19-14-18-45(40-47)48-20-4-9-27-55(48)62-57-29-11-5-21-49(57)50-22-6-12-30-58(50)62/h1-40H. The van der Waals surface area contributed by atoms with Gasteiger partial charge >= 0.3 is 0 Å². The van der Waals surface area contributed by atoms with Crippen molar-refractivity contribution in [2.45, 2.75) is 0 Å². The van der Waals surface area contributed by atoms with E-state index in [-0.39, 0.29) is 0 Å². The number of nitrogens with zero attached hydrogens (tertiary/aromatic N) is 2. The summed E-state index contributed by atoms with van der Waals surface area (Å²) in [6.07, 6.45) is 0. The highest BCUT2D eigenvalue weighted by Gasteiger charge is 2.22. The van der Waals surface area contributed by atoms with Crippen LogP contribution in [0.25, 0.3) is 93.9 Å². The summed E-state index contributed by atoms with van der Waals surface area (Å²) >= 11 is 0. The Kier molecular flexibility index (Phi) is 8.83. The van der Waals surface area contributed by atoms with Gasteiger partial charge in [0.2, 0.25) is 0 Å². The number of aromatic nitrogens is 1. The monoisotopic (exact) mass is 804 g/mol. The van der Waals surface area contributed by atoms with Crippen LogP contribution < -0.4 is 4.90 Å².